The second-order valence-electron chi connectivity index (χ2n) is 5.82. The molecule has 1 aliphatic heterocycles. The van der Waals surface area contributed by atoms with E-state index in [1.165, 1.54) is 0 Å². The number of hydrogen-bond acceptors (Lipinski definition) is 2. The Labute approximate surface area is 157 Å². The molecule has 2 rings (SSSR count). The van der Waals surface area contributed by atoms with Gasteiger partial charge in [0.2, 0.25) is 0 Å². The molecule has 26 heavy (non-hydrogen) atoms. The Bertz CT molecular complexity index is 813. The number of rotatable bonds is 5. The van der Waals surface area contributed by atoms with Gasteiger partial charge < -0.3 is 10.6 Å². The third-order valence-electron chi connectivity index (χ3n) is 3.97. The van der Waals surface area contributed by atoms with Gasteiger partial charge in [0.15, 0.2) is 0 Å². The molecule has 0 saturated carbocycles. The van der Waals surface area contributed by atoms with Crippen molar-refractivity contribution in [2.24, 2.45) is 0 Å². The second kappa shape index (κ2) is 10.1. The van der Waals surface area contributed by atoms with Crippen LogP contribution in [0.4, 0.5) is 0 Å². The topological polar surface area (TPSA) is 24.1 Å². The highest BCUT2D eigenvalue weighted by Crippen LogP contribution is 2.28. The molecule has 1 heterocycles. The van der Waals surface area contributed by atoms with Gasteiger partial charge in [0, 0.05) is 5.56 Å². The summed E-state index contributed by atoms with van der Waals surface area (Å²) in [6, 6.07) is 10.4. The molecule has 0 saturated heterocycles. The zero-order chi connectivity index (χ0) is 18.8. The normalized spacial score (nSPS) is 19.2. The first-order valence-electron chi connectivity index (χ1n) is 9.04. The van der Waals surface area contributed by atoms with Crippen molar-refractivity contribution < 1.29 is 0 Å². The van der Waals surface area contributed by atoms with E-state index in [2.05, 4.69) is 71.4 Å². The second-order valence-corrected chi connectivity index (χ2v) is 5.82. The third kappa shape index (κ3) is 4.76. The van der Waals surface area contributed by atoms with Crippen molar-refractivity contribution in [1.82, 2.24) is 10.6 Å². The van der Waals surface area contributed by atoms with E-state index in [0.29, 0.717) is 0 Å². The molecule has 1 aromatic rings. The zero-order valence-electron chi connectivity index (χ0n) is 16.1. The smallest absolute Gasteiger partial charge is 0.0703 e. The van der Waals surface area contributed by atoms with Gasteiger partial charge in [-0.25, -0.2) is 0 Å². The Balaban J connectivity index is 2.68. The van der Waals surface area contributed by atoms with Gasteiger partial charge in [-0.3, -0.25) is 0 Å². The lowest BCUT2D eigenvalue weighted by Gasteiger charge is -2.29. The van der Waals surface area contributed by atoms with E-state index in [9.17, 15) is 0 Å². The van der Waals surface area contributed by atoms with Gasteiger partial charge in [0.25, 0.3) is 0 Å². The van der Waals surface area contributed by atoms with Gasteiger partial charge in [-0.05, 0) is 39.3 Å². The zero-order valence-corrected chi connectivity index (χ0v) is 16.1. The fourth-order valence-corrected chi connectivity index (χ4v) is 2.72. The first kappa shape index (κ1) is 19.3. The quantitative estimate of drug-likeness (QED) is 0.641. The largest absolute Gasteiger partial charge is 0.352 e. The molecule has 0 unspecified atom stereocenters. The van der Waals surface area contributed by atoms with E-state index in [4.69, 9.17) is 0 Å². The predicted molar refractivity (Wildman–Crippen MR) is 114 cm³/mol. The van der Waals surface area contributed by atoms with E-state index in [0.717, 1.165) is 33.9 Å². The Hall–Kier alpha value is -3.00. The molecule has 1 aromatic carbocycles. The highest BCUT2D eigenvalue weighted by molar-refractivity contribution is 5.76. The van der Waals surface area contributed by atoms with Crippen LogP contribution in [0.2, 0.25) is 0 Å². The fraction of sp³-hybridized carbons (Fsp3) is 0.167. The van der Waals surface area contributed by atoms with Crippen molar-refractivity contribution in [1.29, 1.82) is 0 Å². The minimum Gasteiger partial charge on any atom is -0.352 e. The van der Waals surface area contributed by atoms with Gasteiger partial charge in [-0.15, -0.1) is 0 Å². The average Bonchev–Trinajstić information content (AvgIpc) is 2.69. The van der Waals surface area contributed by atoms with Gasteiger partial charge in [0.05, 0.1) is 22.8 Å². The van der Waals surface area contributed by atoms with Gasteiger partial charge in [0.1, 0.15) is 0 Å². The molecule has 0 atom stereocenters. The number of nitrogens with one attached hydrogen (secondary N) is 2. The van der Waals surface area contributed by atoms with E-state index < -0.39 is 0 Å². The molecule has 0 aromatic heterocycles. The molecule has 0 amide bonds. The van der Waals surface area contributed by atoms with Crippen LogP contribution in [0.15, 0.2) is 108 Å². The minimum absolute atomic E-state index is 1.05. The van der Waals surface area contributed by atoms with Crippen LogP contribution < -0.4 is 10.6 Å². The minimum atomic E-state index is 1.05. The van der Waals surface area contributed by atoms with Crippen molar-refractivity contribution in [3.05, 3.63) is 113 Å². The highest BCUT2D eigenvalue weighted by Gasteiger charge is 2.21. The third-order valence-corrected chi connectivity index (χ3v) is 3.97. The van der Waals surface area contributed by atoms with Crippen molar-refractivity contribution in [3.63, 3.8) is 0 Å². The summed E-state index contributed by atoms with van der Waals surface area (Å²) >= 11 is 0. The molecule has 0 radical (unpaired) electrons. The number of hydrogen-bond donors (Lipinski definition) is 2. The molecule has 2 nitrogen and oxygen atoms in total. The van der Waals surface area contributed by atoms with E-state index >= 15 is 0 Å². The van der Waals surface area contributed by atoms with E-state index in [1.807, 2.05) is 52.0 Å². The van der Waals surface area contributed by atoms with Gasteiger partial charge in [-0.1, -0.05) is 78.9 Å². The van der Waals surface area contributed by atoms with Crippen LogP contribution in [0, 0.1) is 0 Å². The Morgan fingerprint density at radius 3 is 2.15 bits per heavy atom. The molecule has 0 bridgehead atoms. The van der Waals surface area contributed by atoms with Crippen molar-refractivity contribution >= 4 is 5.70 Å². The Morgan fingerprint density at radius 1 is 0.808 bits per heavy atom. The molecule has 134 valence electrons. The Morgan fingerprint density at radius 2 is 1.54 bits per heavy atom. The van der Waals surface area contributed by atoms with E-state index in [-0.39, 0.29) is 0 Å². The van der Waals surface area contributed by atoms with Crippen LogP contribution in [-0.4, -0.2) is 0 Å². The first-order valence-corrected chi connectivity index (χ1v) is 9.04. The SMILES string of the molecule is C\C=C/C=C(\C=C/C)C1=C(c2ccccc2)NC(=C/C=C\C)/C(=C\C)N1. The van der Waals surface area contributed by atoms with Crippen LogP contribution in [0.1, 0.15) is 33.3 Å². The number of benzene rings is 1. The van der Waals surface area contributed by atoms with Gasteiger partial charge in [-0.2, -0.15) is 0 Å². The lowest BCUT2D eigenvalue weighted by atomic mass is 10.00. The van der Waals surface area contributed by atoms with E-state index in [1.54, 1.807) is 0 Å². The van der Waals surface area contributed by atoms with Crippen LogP contribution >= 0.6 is 0 Å². The average molecular weight is 345 g/mol. The summed E-state index contributed by atoms with van der Waals surface area (Å²) in [5.41, 5.74) is 6.53. The molecule has 0 fully saturated rings. The summed E-state index contributed by atoms with van der Waals surface area (Å²) in [7, 11) is 0. The lowest BCUT2D eigenvalue weighted by Crippen LogP contribution is -2.32. The summed E-state index contributed by atoms with van der Waals surface area (Å²) in [6.45, 7) is 8.13. The molecule has 0 aliphatic carbocycles. The summed E-state index contributed by atoms with van der Waals surface area (Å²) in [6.07, 6.45) is 18.7. The maximum absolute atomic E-state index is 3.63. The van der Waals surface area contributed by atoms with Gasteiger partial charge >= 0.3 is 0 Å². The first-order chi connectivity index (χ1) is 12.7. The molecular formula is C24H28N2. The van der Waals surface area contributed by atoms with Crippen molar-refractivity contribution in [3.8, 4) is 0 Å². The monoisotopic (exact) mass is 344 g/mol. The summed E-state index contributed by atoms with van der Waals surface area (Å²) in [5, 5.41) is 7.26. The molecule has 2 heteroatoms. The predicted octanol–water partition coefficient (Wildman–Crippen LogP) is 5.99. The van der Waals surface area contributed by atoms with Crippen LogP contribution in [-0.2, 0) is 0 Å². The molecular weight excluding hydrogens is 316 g/mol. The van der Waals surface area contributed by atoms with Crippen LogP contribution in [0.25, 0.3) is 5.70 Å². The highest BCUT2D eigenvalue weighted by atomic mass is 15.1. The van der Waals surface area contributed by atoms with Crippen LogP contribution in [0.3, 0.4) is 0 Å². The maximum Gasteiger partial charge on any atom is 0.0703 e. The number of allylic oxidation sites excluding steroid dienone is 9. The fourth-order valence-electron chi connectivity index (χ4n) is 2.72. The maximum atomic E-state index is 3.63. The summed E-state index contributed by atoms with van der Waals surface area (Å²) in [4.78, 5) is 0. The standard InChI is InChI=1S/C24H28N2/c1-5-9-15-19(14-7-3)23-24(20-16-12-11-13-17-20)26-22(18-10-6-2)21(8-4)25-23/h5-18,25-26H,1-4H3/b9-5-,10-6-,14-7-,19-15+,21-8+,22-18+. The van der Waals surface area contributed by atoms with Crippen molar-refractivity contribution in [2.45, 2.75) is 27.7 Å². The molecule has 0 spiro atoms. The van der Waals surface area contributed by atoms with Crippen molar-refractivity contribution in [2.75, 3.05) is 0 Å². The summed E-state index contributed by atoms with van der Waals surface area (Å²) < 4.78 is 0. The molecule has 1 aliphatic rings. The summed E-state index contributed by atoms with van der Waals surface area (Å²) in [5.74, 6) is 0. The Kier molecular flexibility index (Phi) is 7.50. The molecule has 2 N–H and O–H groups in total. The van der Waals surface area contributed by atoms with Crippen LogP contribution in [0.5, 0.6) is 0 Å². The lowest BCUT2D eigenvalue weighted by molar-refractivity contribution is 0.883.